The second-order valence-electron chi connectivity index (χ2n) is 11.9. The minimum absolute atomic E-state index is 0.0285. The molecule has 1 aliphatic carbocycles. The maximum absolute atomic E-state index is 14.5. The Morgan fingerprint density at radius 1 is 1.04 bits per heavy atom. The van der Waals surface area contributed by atoms with Gasteiger partial charge in [0.25, 0.3) is 10.0 Å². The third-order valence-electron chi connectivity index (χ3n) is 9.03. The van der Waals surface area contributed by atoms with Crippen LogP contribution in [0.15, 0.2) is 64.3 Å². The number of hydrogen-bond acceptors (Lipinski definition) is 10. The number of aromatic nitrogens is 5. The number of benzene rings is 1. The number of hydrogen-bond donors (Lipinski definition) is 1. The SMILES string of the molecule is COC1CN([C@@H]2CCC[C@@H]2Nc2ncc(C(F)(F)F)c(-c3cn(S(=O)(=O)c4ccccc4)c4nc(-c5c(C)noc5C)ccc34)n2)C1. The molecular weight excluding hydrogens is 635 g/mol. The minimum Gasteiger partial charge on any atom is -0.379 e. The summed E-state index contributed by atoms with van der Waals surface area (Å²) in [5.74, 6) is 0.492. The molecular formula is C32H32F3N7O4S. The molecule has 1 aromatic carbocycles. The highest BCUT2D eigenvalue weighted by Crippen LogP contribution is 2.41. The van der Waals surface area contributed by atoms with E-state index in [1.807, 2.05) is 0 Å². The summed E-state index contributed by atoms with van der Waals surface area (Å²) < 4.78 is 83.2. The summed E-state index contributed by atoms with van der Waals surface area (Å²) in [4.78, 5) is 15.4. The van der Waals surface area contributed by atoms with Gasteiger partial charge in [-0.3, -0.25) is 4.90 Å². The van der Waals surface area contributed by atoms with Crippen molar-refractivity contribution in [3.63, 3.8) is 0 Å². The van der Waals surface area contributed by atoms with Crippen LogP contribution in [-0.2, 0) is 20.9 Å². The maximum Gasteiger partial charge on any atom is 0.419 e. The molecule has 0 radical (unpaired) electrons. The van der Waals surface area contributed by atoms with Crippen molar-refractivity contribution in [3.05, 3.63) is 71.9 Å². The first-order valence-corrected chi connectivity index (χ1v) is 16.6. The summed E-state index contributed by atoms with van der Waals surface area (Å²) in [6.07, 6.45) is -0.0583. The van der Waals surface area contributed by atoms with Crippen molar-refractivity contribution in [2.75, 3.05) is 25.5 Å². The fraction of sp³-hybridized carbons (Fsp3) is 0.375. The van der Waals surface area contributed by atoms with Gasteiger partial charge in [-0.2, -0.15) is 13.2 Å². The lowest BCUT2D eigenvalue weighted by atomic mass is 10.0. The highest BCUT2D eigenvalue weighted by atomic mass is 32.2. The topological polar surface area (TPSA) is 128 Å². The molecule has 1 N–H and O–H groups in total. The van der Waals surface area contributed by atoms with E-state index in [1.165, 1.54) is 12.1 Å². The molecule has 47 heavy (non-hydrogen) atoms. The van der Waals surface area contributed by atoms with E-state index in [2.05, 4.69) is 30.3 Å². The van der Waals surface area contributed by atoms with Gasteiger partial charge in [0.05, 0.1) is 33.6 Å². The highest BCUT2D eigenvalue weighted by molar-refractivity contribution is 7.90. The van der Waals surface area contributed by atoms with E-state index in [0.29, 0.717) is 22.7 Å². The third-order valence-corrected chi connectivity index (χ3v) is 10.7. The Morgan fingerprint density at radius 3 is 2.49 bits per heavy atom. The molecule has 7 rings (SSSR count). The van der Waals surface area contributed by atoms with E-state index >= 15 is 0 Å². The molecule has 2 fully saturated rings. The van der Waals surface area contributed by atoms with Crippen LogP contribution in [0.4, 0.5) is 19.1 Å². The molecule has 4 aromatic heterocycles. The molecule has 0 spiro atoms. The summed E-state index contributed by atoms with van der Waals surface area (Å²) in [6.45, 7) is 5.00. The van der Waals surface area contributed by atoms with Crippen LogP contribution in [0.25, 0.3) is 33.5 Å². The molecule has 2 atom stereocenters. The fourth-order valence-electron chi connectivity index (χ4n) is 6.61. The molecule has 2 aliphatic rings. The fourth-order valence-corrected chi connectivity index (χ4v) is 7.94. The zero-order valence-electron chi connectivity index (χ0n) is 25.8. The van der Waals surface area contributed by atoms with Gasteiger partial charge in [0.1, 0.15) is 11.3 Å². The monoisotopic (exact) mass is 667 g/mol. The van der Waals surface area contributed by atoms with Gasteiger partial charge in [0, 0.05) is 55.6 Å². The van der Waals surface area contributed by atoms with Gasteiger partial charge in [-0.05, 0) is 57.4 Å². The molecule has 0 amide bonds. The molecule has 246 valence electrons. The number of pyridine rings is 1. The predicted molar refractivity (Wildman–Crippen MR) is 167 cm³/mol. The van der Waals surface area contributed by atoms with E-state index in [9.17, 15) is 21.6 Å². The number of nitrogens with one attached hydrogen (secondary N) is 1. The first kappa shape index (κ1) is 31.3. The van der Waals surface area contributed by atoms with E-state index in [4.69, 9.17) is 9.26 Å². The number of anilines is 1. The summed E-state index contributed by atoms with van der Waals surface area (Å²) in [7, 11) is -2.62. The second kappa shape index (κ2) is 11.7. The molecule has 1 saturated heterocycles. The Balaban J connectivity index is 1.37. The molecule has 5 heterocycles. The molecule has 5 aromatic rings. The van der Waals surface area contributed by atoms with Crippen molar-refractivity contribution in [1.82, 2.24) is 29.0 Å². The molecule has 0 unspecified atom stereocenters. The van der Waals surface area contributed by atoms with Crippen molar-refractivity contribution >= 4 is 27.0 Å². The number of aryl methyl sites for hydroxylation is 2. The average molecular weight is 668 g/mol. The van der Waals surface area contributed by atoms with Gasteiger partial charge in [-0.15, -0.1) is 0 Å². The van der Waals surface area contributed by atoms with E-state index < -0.39 is 27.5 Å². The zero-order chi connectivity index (χ0) is 33.1. The standard InChI is InChI=1S/C32H32F3N7O4S/c1-18-28(19(2)46-40-18)26-13-12-22-23(17-42(30(22)37-26)47(43,44)21-8-5-4-6-9-21)29-24(32(33,34)35)14-36-31(39-29)38-25-10-7-11-27(25)41-15-20(16-41)45-3/h4-6,8-9,12-14,17,20,25,27H,7,10-11,15-16H2,1-3H3,(H,36,38,39)/t25-,27+/m0/s1. The molecule has 0 bridgehead atoms. The number of rotatable bonds is 8. The van der Waals surface area contributed by atoms with Gasteiger partial charge in [0.2, 0.25) is 5.95 Å². The third kappa shape index (κ3) is 5.55. The minimum atomic E-state index is -4.83. The first-order valence-electron chi connectivity index (χ1n) is 15.2. The summed E-state index contributed by atoms with van der Waals surface area (Å²) in [5.41, 5.74) is -0.209. The van der Waals surface area contributed by atoms with Crippen LogP contribution in [0, 0.1) is 13.8 Å². The van der Waals surface area contributed by atoms with Crippen molar-refractivity contribution < 1.29 is 30.8 Å². The number of methoxy groups -OCH3 is 1. The Labute approximate surface area is 268 Å². The van der Waals surface area contributed by atoms with E-state index in [1.54, 1.807) is 51.3 Å². The van der Waals surface area contributed by atoms with Crippen LogP contribution in [0.5, 0.6) is 0 Å². The largest absolute Gasteiger partial charge is 0.419 e. The maximum atomic E-state index is 14.5. The van der Waals surface area contributed by atoms with Crippen LogP contribution in [0.2, 0.25) is 0 Å². The quantitative estimate of drug-likeness (QED) is 0.221. The summed E-state index contributed by atoms with van der Waals surface area (Å²) in [6, 6.07) is 10.9. The second-order valence-corrected chi connectivity index (χ2v) is 13.8. The van der Waals surface area contributed by atoms with Crippen LogP contribution in [0.3, 0.4) is 0 Å². The first-order chi connectivity index (χ1) is 22.5. The lowest BCUT2D eigenvalue weighted by Crippen LogP contribution is -2.59. The lowest BCUT2D eigenvalue weighted by molar-refractivity contribution is -0.137. The Bertz CT molecular complexity index is 2040. The Morgan fingerprint density at radius 2 is 1.81 bits per heavy atom. The van der Waals surface area contributed by atoms with Gasteiger partial charge in [-0.25, -0.2) is 27.3 Å². The Hall–Kier alpha value is -4.34. The summed E-state index contributed by atoms with van der Waals surface area (Å²) >= 11 is 0. The smallest absolute Gasteiger partial charge is 0.379 e. The van der Waals surface area contributed by atoms with Crippen molar-refractivity contribution in [3.8, 4) is 22.5 Å². The van der Waals surface area contributed by atoms with Gasteiger partial charge < -0.3 is 14.6 Å². The number of alkyl halides is 3. The van der Waals surface area contributed by atoms with Gasteiger partial charge in [-0.1, -0.05) is 23.4 Å². The van der Waals surface area contributed by atoms with Gasteiger partial charge in [0.15, 0.2) is 5.65 Å². The number of nitrogens with zero attached hydrogens (tertiary/aromatic N) is 6. The average Bonchev–Trinajstić information content (AvgIpc) is 3.73. The number of likely N-dealkylation sites (tertiary alicyclic amines) is 1. The number of halogens is 3. The van der Waals surface area contributed by atoms with E-state index in [0.717, 1.165) is 48.7 Å². The molecule has 1 saturated carbocycles. The number of ether oxygens (including phenoxy) is 1. The molecule has 1 aliphatic heterocycles. The van der Waals surface area contributed by atoms with Crippen LogP contribution < -0.4 is 5.32 Å². The zero-order valence-corrected chi connectivity index (χ0v) is 26.6. The van der Waals surface area contributed by atoms with Crippen molar-refractivity contribution in [2.24, 2.45) is 0 Å². The normalized spacial score (nSPS) is 19.4. The van der Waals surface area contributed by atoms with E-state index in [-0.39, 0.29) is 45.6 Å². The predicted octanol–water partition coefficient (Wildman–Crippen LogP) is 5.68. The van der Waals surface area contributed by atoms with Crippen molar-refractivity contribution in [2.45, 2.75) is 62.4 Å². The van der Waals surface area contributed by atoms with Crippen molar-refractivity contribution in [1.29, 1.82) is 0 Å². The van der Waals surface area contributed by atoms with Gasteiger partial charge >= 0.3 is 6.18 Å². The van der Waals surface area contributed by atoms with Crippen LogP contribution in [-0.4, -0.2) is 75.8 Å². The molecule has 11 nitrogen and oxygen atoms in total. The van der Waals surface area contributed by atoms with Crippen LogP contribution in [0.1, 0.15) is 36.3 Å². The number of fused-ring (bicyclic) bond motifs is 1. The van der Waals surface area contributed by atoms with Crippen LogP contribution >= 0.6 is 0 Å². The highest BCUT2D eigenvalue weighted by Gasteiger charge is 2.40. The summed E-state index contributed by atoms with van der Waals surface area (Å²) in [5, 5.41) is 7.42. The Kier molecular flexibility index (Phi) is 7.80. The molecule has 15 heteroatoms. The lowest BCUT2D eigenvalue weighted by Gasteiger charge is -2.44.